The molecule has 2 aromatic carbocycles. The third-order valence-corrected chi connectivity index (χ3v) is 4.84. The minimum atomic E-state index is -4.35. The van der Waals surface area contributed by atoms with E-state index < -0.39 is 11.7 Å². The van der Waals surface area contributed by atoms with Crippen molar-refractivity contribution in [2.24, 2.45) is 0 Å². The summed E-state index contributed by atoms with van der Waals surface area (Å²) in [5.41, 5.74) is 3.57. The molecule has 0 saturated heterocycles. The maximum absolute atomic E-state index is 12.8. The van der Waals surface area contributed by atoms with Gasteiger partial charge in [-0.1, -0.05) is 49.4 Å². The maximum Gasteiger partial charge on any atom is 0.416 e. The zero-order valence-electron chi connectivity index (χ0n) is 15.2. The van der Waals surface area contributed by atoms with Crippen LogP contribution >= 0.6 is 0 Å². The van der Waals surface area contributed by atoms with Crippen LogP contribution in [0.3, 0.4) is 0 Å². The van der Waals surface area contributed by atoms with Gasteiger partial charge in [-0.2, -0.15) is 18.3 Å². The highest BCUT2D eigenvalue weighted by Gasteiger charge is 2.30. The second kappa shape index (κ2) is 7.11. The van der Waals surface area contributed by atoms with Crippen molar-refractivity contribution in [3.05, 3.63) is 89.9 Å². The van der Waals surface area contributed by atoms with E-state index in [1.807, 2.05) is 24.3 Å². The van der Waals surface area contributed by atoms with E-state index in [4.69, 9.17) is 0 Å². The highest BCUT2D eigenvalue weighted by molar-refractivity contribution is 5.77. The largest absolute Gasteiger partial charge is 0.416 e. The fourth-order valence-electron chi connectivity index (χ4n) is 3.40. The number of aromatic nitrogens is 3. The predicted molar refractivity (Wildman–Crippen MR) is 102 cm³/mol. The van der Waals surface area contributed by atoms with Crippen molar-refractivity contribution in [3.63, 3.8) is 0 Å². The molecule has 0 aliphatic rings. The molecule has 0 saturated carbocycles. The quantitative estimate of drug-likeness (QED) is 0.450. The number of benzene rings is 2. The Hall–Kier alpha value is -3.15. The summed E-state index contributed by atoms with van der Waals surface area (Å²) in [6.45, 7) is 2.13. The normalized spacial score (nSPS) is 13.0. The average molecular weight is 381 g/mol. The SMILES string of the molecule is CC(Cc1ccccc1)c1ccnc2c(-c3ccc(C(F)(F)F)cc3)cnn12. The summed E-state index contributed by atoms with van der Waals surface area (Å²) in [4.78, 5) is 4.42. The zero-order valence-corrected chi connectivity index (χ0v) is 15.2. The molecule has 0 aliphatic heterocycles. The third kappa shape index (κ3) is 3.50. The first-order valence-electron chi connectivity index (χ1n) is 8.97. The zero-order chi connectivity index (χ0) is 19.7. The van der Waals surface area contributed by atoms with Gasteiger partial charge in [0.2, 0.25) is 0 Å². The molecule has 2 heterocycles. The van der Waals surface area contributed by atoms with Crippen LogP contribution in [0.2, 0.25) is 0 Å². The lowest BCUT2D eigenvalue weighted by Gasteiger charge is -2.13. The standard InChI is InChI=1S/C22H18F3N3/c1-15(13-16-5-3-2-4-6-16)20-11-12-26-21-19(14-27-28(20)21)17-7-9-18(10-8-17)22(23,24)25/h2-12,14-15H,13H2,1H3. The number of halogens is 3. The Labute approximate surface area is 160 Å². The van der Waals surface area contributed by atoms with Gasteiger partial charge in [0.15, 0.2) is 5.65 Å². The summed E-state index contributed by atoms with van der Waals surface area (Å²) in [5, 5.41) is 4.46. The van der Waals surface area contributed by atoms with Crippen LogP contribution in [-0.4, -0.2) is 14.6 Å². The average Bonchev–Trinajstić information content (AvgIpc) is 3.12. The summed E-state index contributed by atoms with van der Waals surface area (Å²) in [5.74, 6) is 0.202. The first-order chi connectivity index (χ1) is 13.4. The lowest BCUT2D eigenvalue weighted by molar-refractivity contribution is -0.137. The molecule has 0 bridgehead atoms. The van der Waals surface area contributed by atoms with Gasteiger partial charge in [-0.3, -0.25) is 0 Å². The van der Waals surface area contributed by atoms with E-state index in [2.05, 4.69) is 29.1 Å². The molecule has 0 N–H and O–H groups in total. The minimum Gasteiger partial charge on any atom is -0.236 e. The molecule has 0 amide bonds. The Bertz CT molecular complexity index is 1080. The molecular weight excluding hydrogens is 363 g/mol. The van der Waals surface area contributed by atoms with Gasteiger partial charge in [-0.25, -0.2) is 9.50 Å². The topological polar surface area (TPSA) is 30.2 Å². The van der Waals surface area contributed by atoms with E-state index in [9.17, 15) is 13.2 Å². The molecule has 2 aromatic heterocycles. The van der Waals surface area contributed by atoms with Crippen molar-refractivity contribution < 1.29 is 13.2 Å². The van der Waals surface area contributed by atoms with Crippen LogP contribution < -0.4 is 0 Å². The van der Waals surface area contributed by atoms with Gasteiger partial charge in [0.05, 0.1) is 11.8 Å². The molecule has 28 heavy (non-hydrogen) atoms. The molecule has 1 unspecified atom stereocenters. The number of alkyl halides is 3. The Balaban J connectivity index is 1.69. The summed E-state index contributed by atoms with van der Waals surface area (Å²) < 4.78 is 40.2. The van der Waals surface area contributed by atoms with E-state index in [0.29, 0.717) is 16.8 Å². The molecule has 6 heteroatoms. The van der Waals surface area contributed by atoms with Crippen LogP contribution in [0, 0.1) is 0 Å². The van der Waals surface area contributed by atoms with Crippen molar-refractivity contribution >= 4 is 5.65 Å². The highest BCUT2D eigenvalue weighted by atomic mass is 19.4. The molecule has 4 rings (SSSR count). The second-order valence-electron chi connectivity index (χ2n) is 6.83. The lowest BCUT2D eigenvalue weighted by atomic mass is 9.98. The van der Waals surface area contributed by atoms with Gasteiger partial charge in [0, 0.05) is 23.4 Å². The number of rotatable bonds is 4. The van der Waals surface area contributed by atoms with Gasteiger partial charge in [0.25, 0.3) is 0 Å². The first kappa shape index (κ1) is 18.2. The number of fused-ring (bicyclic) bond motifs is 1. The molecule has 142 valence electrons. The Kier molecular flexibility index (Phi) is 4.63. The van der Waals surface area contributed by atoms with Crippen LogP contribution in [0.4, 0.5) is 13.2 Å². The van der Waals surface area contributed by atoms with Crippen LogP contribution in [0.1, 0.15) is 29.7 Å². The molecule has 3 nitrogen and oxygen atoms in total. The summed E-state index contributed by atoms with van der Waals surface area (Å²) >= 11 is 0. The van der Waals surface area contributed by atoms with Gasteiger partial charge >= 0.3 is 6.18 Å². The molecule has 0 spiro atoms. The Morgan fingerprint density at radius 3 is 2.36 bits per heavy atom. The van der Waals surface area contributed by atoms with Gasteiger partial charge in [-0.15, -0.1) is 0 Å². The van der Waals surface area contributed by atoms with Crippen molar-refractivity contribution in [1.82, 2.24) is 14.6 Å². The highest BCUT2D eigenvalue weighted by Crippen LogP contribution is 2.32. The molecule has 0 fully saturated rings. The molecular formula is C22H18F3N3. The Morgan fingerprint density at radius 1 is 0.964 bits per heavy atom. The number of hydrogen-bond donors (Lipinski definition) is 0. The van der Waals surface area contributed by atoms with Gasteiger partial charge in [0.1, 0.15) is 0 Å². The second-order valence-corrected chi connectivity index (χ2v) is 6.83. The molecule has 1 atom stereocenters. The van der Waals surface area contributed by atoms with Crippen LogP contribution in [0.25, 0.3) is 16.8 Å². The van der Waals surface area contributed by atoms with E-state index in [1.165, 1.54) is 17.7 Å². The monoisotopic (exact) mass is 381 g/mol. The van der Waals surface area contributed by atoms with E-state index >= 15 is 0 Å². The molecule has 0 radical (unpaired) electrons. The fourth-order valence-corrected chi connectivity index (χ4v) is 3.40. The van der Waals surface area contributed by atoms with E-state index in [0.717, 1.165) is 24.2 Å². The number of nitrogens with zero attached hydrogens (tertiary/aromatic N) is 3. The lowest BCUT2D eigenvalue weighted by Crippen LogP contribution is -2.07. The summed E-state index contributed by atoms with van der Waals surface area (Å²) in [6, 6.07) is 17.2. The van der Waals surface area contributed by atoms with Crippen molar-refractivity contribution in [3.8, 4) is 11.1 Å². The minimum absolute atomic E-state index is 0.202. The first-order valence-corrected chi connectivity index (χ1v) is 8.97. The van der Waals surface area contributed by atoms with E-state index in [1.54, 1.807) is 16.9 Å². The van der Waals surface area contributed by atoms with Gasteiger partial charge < -0.3 is 0 Å². The van der Waals surface area contributed by atoms with Crippen molar-refractivity contribution in [2.45, 2.75) is 25.4 Å². The third-order valence-electron chi connectivity index (χ3n) is 4.84. The van der Waals surface area contributed by atoms with Crippen LogP contribution in [0.5, 0.6) is 0 Å². The van der Waals surface area contributed by atoms with Gasteiger partial charge in [-0.05, 0) is 35.7 Å². The Morgan fingerprint density at radius 2 is 1.68 bits per heavy atom. The predicted octanol–water partition coefficient (Wildman–Crippen LogP) is 5.76. The molecule has 0 aliphatic carbocycles. The van der Waals surface area contributed by atoms with Crippen molar-refractivity contribution in [2.75, 3.05) is 0 Å². The van der Waals surface area contributed by atoms with E-state index in [-0.39, 0.29) is 5.92 Å². The summed E-state index contributed by atoms with van der Waals surface area (Å²) in [6.07, 6.45) is -0.113. The maximum atomic E-state index is 12.8. The fraction of sp³-hybridized carbons (Fsp3) is 0.182. The van der Waals surface area contributed by atoms with Crippen LogP contribution in [0.15, 0.2) is 73.1 Å². The van der Waals surface area contributed by atoms with Crippen LogP contribution in [-0.2, 0) is 12.6 Å². The number of hydrogen-bond acceptors (Lipinski definition) is 2. The summed E-state index contributed by atoms with van der Waals surface area (Å²) in [7, 11) is 0. The molecule has 4 aromatic rings. The smallest absolute Gasteiger partial charge is 0.236 e. The van der Waals surface area contributed by atoms with Crippen molar-refractivity contribution in [1.29, 1.82) is 0 Å².